The van der Waals surface area contributed by atoms with Crippen molar-refractivity contribution in [3.05, 3.63) is 18.1 Å². The Kier molecular flexibility index (Phi) is 3.33. The Hall–Kier alpha value is -1.69. The van der Waals surface area contributed by atoms with Crippen LogP contribution in [0.2, 0.25) is 0 Å². The van der Waals surface area contributed by atoms with Gasteiger partial charge in [-0.2, -0.15) is 0 Å². The van der Waals surface area contributed by atoms with Crippen molar-refractivity contribution in [2.45, 2.75) is 18.9 Å². The van der Waals surface area contributed by atoms with E-state index in [-0.39, 0.29) is 5.69 Å². The van der Waals surface area contributed by atoms with Gasteiger partial charge in [0.1, 0.15) is 5.82 Å². The zero-order valence-corrected chi connectivity index (χ0v) is 11.1. The minimum Gasteiger partial charge on any atom is -0.464 e. The van der Waals surface area contributed by atoms with Crippen molar-refractivity contribution >= 4 is 11.8 Å². The average Bonchev–Trinajstić information content (AvgIpc) is 2.94. The molecule has 0 aromatic carbocycles. The fourth-order valence-electron chi connectivity index (χ4n) is 2.91. The minimum absolute atomic E-state index is 0.272. The van der Waals surface area contributed by atoms with Gasteiger partial charge >= 0.3 is 5.97 Å². The largest absolute Gasteiger partial charge is 0.464 e. The number of rotatable bonds is 2. The van der Waals surface area contributed by atoms with Gasteiger partial charge in [0.25, 0.3) is 0 Å². The van der Waals surface area contributed by atoms with Crippen LogP contribution in [0.15, 0.2) is 12.4 Å². The van der Waals surface area contributed by atoms with Crippen molar-refractivity contribution in [1.29, 1.82) is 0 Å². The Morgan fingerprint density at radius 1 is 1.37 bits per heavy atom. The van der Waals surface area contributed by atoms with Gasteiger partial charge in [-0.05, 0) is 19.4 Å². The highest BCUT2D eigenvalue weighted by Gasteiger charge is 2.31. The fourth-order valence-corrected chi connectivity index (χ4v) is 2.91. The van der Waals surface area contributed by atoms with E-state index in [4.69, 9.17) is 0 Å². The van der Waals surface area contributed by atoms with Gasteiger partial charge in [0.05, 0.1) is 19.5 Å². The molecule has 3 rings (SSSR count). The maximum Gasteiger partial charge on any atom is 0.358 e. The highest BCUT2D eigenvalue weighted by molar-refractivity contribution is 5.87. The number of nitrogens with zero attached hydrogens (tertiary/aromatic N) is 4. The monoisotopic (exact) mass is 262 g/mol. The van der Waals surface area contributed by atoms with Gasteiger partial charge in [0, 0.05) is 25.7 Å². The van der Waals surface area contributed by atoms with Crippen molar-refractivity contribution < 1.29 is 9.53 Å². The molecule has 102 valence electrons. The lowest BCUT2D eigenvalue weighted by Gasteiger charge is -2.38. The molecular formula is C13H18N4O2. The van der Waals surface area contributed by atoms with Gasteiger partial charge in [0.15, 0.2) is 5.69 Å². The summed E-state index contributed by atoms with van der Waals surface area (Å²) in [6.45, 7) is 4.19. The summed E-state index contributed by atoms with van der Waals surface area (Å²) in [4.78, 5) is 24.7. The molecule has 0 aliphatic carbocycles. The number of fused-ring (bicyclic) bond motifs is 1. The molecule has 0 spiro atoms. The molecule has 1 unspecified atom stereocenters. The van der Waals surface area contributed by atoms with Crippen LogP contribution in [0.25, 0.3) is 0 Å². The number of carbonyl (C=O) groups excluding carboxylic acids is 1. The third kappa shape index (κ3) is 2.40. The third-order valence-electron chi connectivity index (χ3n) is 3.93. The van der Waals surface area contributed by atoms with E-state index in [9.17, 15) is 4.79 Å². The van der Waals surface area contributed by atoms with Gasteiger partial charge in [-0.3, -0.25) is 9.88 Å². The molecule has 1 atom stereocenters. The maximum absolute atomic E-state index is 11.5. The summed E-state index contributed by atoms with van der Waals surface area (Å²) < 4.78 is 4.68. The molecule has 0 N–H and O–H groups in total. The lowest BCUT2D eigenvalue weighted by Crippen LogP contribution is -2.50. The second-order valence-electron chi connectivity index (χ2n) is 5.03. The number of piperazine rings is 1. The second-order valence-corrected chi connectivity index (χ2v) is 5.03. The molecule has 2 aliphatic heterocycles. The Morgan fingerprint density at radius 3 is 3.11 bits per heavy atom. The summed E-state index contributed by atoms with van der Waals surface area (Å²) in [6, 6.07) is 0.623. The van der Waals surface area contributed by atoms with Crippen LogP contribution in [-0.2, 0) is 4.74 Å². The van der Waals surface area contributed by atoms with E-state index in [1.807, 2.05) is 0 Å². The molecule has 1 aromatic rings. The molecule has 0 radical (unpaired) electrons. The lowest BCUT2D eigenvalue weighted by molar-refractivity contribution is 0.0593. The number of ether oxygens (including phenoxy) is 1. The van der Waals surface area contributed by atoms with Gasteiger partial charge < -0.3 is 9.64 Å². The van der Waals surface area contributed by atoms with E-state index in [0.717, 1.165) is 25.5 Å². The highest BCUT2D eigenvalue weighted by atomic mass is 16.5. The number of methoxy groups -OCH3 is 1. The van der Waals surface area contributed by atoms with Gasteiger partial charge in [-0.25, -0.2) is 9.78 Å². The molecule has 0 amide bonds. The van der Waals surface area contributed by atoms with Gasteiger partial charge in [0.2, 0.25) is 0 Å². The van der Waals surface area contributed by atoms with E-state index >= 15 is 0 Å². The number of aromatic nitrogens is 2. The van der Waals surface area contributed by atoms with Crippen LogP contribution in [0.4, 0.5) is 5.82 Å². The summed E-state index contributed by atoms with van der Waals surface area (Å²) in [7, 11) is 1.36. The average molecular weight is 262 g/mol. The van der Waals surface area contributed by atoms with E-state index in [0.29, 0.717) is 6.04 Å². The first-order chi connectivity index (χ1) is 9.28. The van der Waals surface area contributed by atoms with Crippen LogP contribution < -0.4 is 4.90 Å². The normalized spacial score (nSPS) is 23.2. The molecule has 3 heterocycles. The Bertz CT molecular complexity index is 479. The number of carbonyl (C=O) groups is 1. The van der Waals surface area contributed by atoms with E-state index in [1.165, 1.54) is 32.7 Å². The van der Waals surface area contributed by atoms with Crippen LogP contribution in [0.3, 0.4) is 0 Å². The van der Waals surface area contributed by atoms with Crippen LogP contribution in [0.1, 0.15) is 23.3 Å². The van der Waals surface area contributed by atoms with Crippen molar-refractivity contribution in [1.82, 2.24) is 14.9 Å². The zero-order chi connectivity index (χ0) is 13.2. The predicted octanol–water partition coefficient (Wildman–Crippen LogP) is 0.548. The Balaban J connectivity index is 1.76. The highest BCUT2D eigenvalue weighted by Crippen LogP contribution is 2.24. The van der Waals surface area contributed by atoms with Crippen molar-refractivity contribution in [3.8, 4) is 0 Å². The molecular weight excluding hydrogens is 244 g/mol. The lowest BCUT2D eigenvalue weighted by atomic mass is 10.1. The first-order valence-electron chi connectivity index (χ1n) is 6.67. The zero-order valence-electron chi connectivity index (χ0n) is 11.1. The van der Waals surface area contributed by atoms with Crippen molar-refractivity contribution in [2.75, 3.05) is 38.2 Å². The number of hydrogen-bond acceptors (Lipinski definition) is 6. The molecule has 19 heavy (non-hydrogen) atoms. The smallest absolute Gasteiger partial charge is 0.358 e. The molecule has 1 aromatic heterocycles. The fraction of sp³-hybridized carbons (Fsp3) is 0.615. The molecule has 2 saturated heterocycles. The van der Waals surface area contributed by atoms with E-state index in [1.54, 1.807) is 6.20 Å². The summed E-state index contributed by atoms with van der Waals surface area (Å²) >= 11 is 0. The van der Waals surface area contributed by atoms with Crippen LogP contribution in [0.5, 0.6) is 0 Å². The molecule has 6 heteroatoms. The standard InChI is InChI=1S/C13H18N4O2/c1-19-13(18)11-7-14-8-12(15-11)17-6-5-16-4-2-3-10(16)9-17/h7-8,10H,2-6,9H2,1H3. The number of esters is 1. The quantitative estimate of drug-likeness (QED) is 0.725. The number of anilines is 1. The summed E-state index contributed by atoms with van der Waals surface area (Å²) in [6.07, 6.45) is 5.70. The summed E-state index contributed by atoms with van der Waals surface area (Å²) in [5, 5.41) is 0. The first-order valence-corrected chi connectivity index (χ1v) is 6.67. The SMILES string of the molecule is COC(=O)c1cncc(N2CCN3CCCC3C2)n1. The molecule has 6 nitrogen and oxygen atoms in total. The number of hydrogen-bond donors (Lipinski definition) is 0. The molecule has 0 bridgehead atoms. The molecule has 2 aliphatic rings. The van der Waals surface area contributed by atoms with E-state index in [2.05, 4.69) is 24.5 Å². The summed E-state index contributed by atoms with van der Waals surface area (Å²) in [5.41, 5.74) is 0.272. The van der Waals surface area contributed by atoms with Crippen molar-refractivity contribution in [3.63, 3.8) is 0 Å². The Morgan fingerprint density at radius 2 is 2.26 bits per heavy atom. The van der Waals surface area contributed by atoms with Crippen molar-refractivity contribution in [2.24, 2.45) is 0 Å². The topological polar surface area (TPSA) is 58.6 Å². The Labute approximate surface area is 112 Å². The van der Waals surface area contributed by atoms with Gasteiger partial charge in [-0.1, -0.05) is 0 Å². The van der Waals surface area contributed by atoms with Crippen LogP contribution in [0, 0.1) is 0 Å². The maximum atomic E-state index is 11.5. The second kappa shape index (κ2) is 5.13. The first kappa shape index (κ1) is 12.3. The third-order valence-corrected chi connectivity index (χ3v) is 3.93. The van der Waals surface area contributed by atoms with Crippen LogP contribution in [-0.4, -0.2) is 60.2 Å². The molecule has 2 fully saturated rings. The summed E-state index contributed by atoms with van der Waals surface area (Å²) in [5.74, 6) is 0.336. The van der Waals surface area contributed by atoms with Gasteiger partial charge in [-0.15, -0.1) is 0 Å². The minimum atomic E-state index is -0.436. The van der Waals surface area contributed by atoms with Crippen LogP contribution >= 0.6 is 0 Å². The van der Waals surface area contributed by atoms with E-state index < -0.39 is 5.97 Å². The molecule has 0 saturated carbocycles. The predicted molar refractivity (Wildman–Crippen MR) is 70.2 cm³/mol.